The molecular weight excluding hydrogens is 514 g/mol. The SMILES string of the molecule is Cc1cc(C2=NOC(c3ccc4c(c3)OCO4)(C(F)(F)F)C2)ccc1C(=O)N1CC(=O)N(CCF)C(=O)C1. The number of oxime groups is 1. The molecule has 0 saturated carbocycles. The van der Waals surface area contributed by atoms with Gasteiger partial charge in [0.2, 0.25) is 18.6 Å². The van der Waals surface area contributed by atoms with Gasteiger partial charge in [0.25, 0.3) is 11.5 Å². The van der Waals surface area contributed by atoms with Gasteiger partial charge in [-0.25, -0.2) is 4.39 Å². The smallest absolute Gasteiger partial charge is 0.435 e. The zero-order valence-corrected chi connectivity index (χ0v) is 20.0. The molecule has 200 valence electrons. The van der Waals surface area contributed by atoms with Gasteiger partial charge in [0.1, 0.15) is 19.8 Å². The van der Waals surface area contributed by atoms with E-state index in [0.29, 0.717) is 16.9 Å². The normalized spacial score (nSPS) is 21.0. The molecule has 1 fully saturated rings. The monoisotopic (exact) mass is 535 g/mol. The van der Waals surface area contributed by atoms with Crippen LogP contribution in [0.2, 0.25) is 0 Å². The van der Waals surface area contributed by atoms with Crippen molar-refractivity contribution in [3.8, 4) is 11.5 Å². The number of hydrogen-bond acceptors (Lipinski definition) is 7. The molecule has 0 aromatic heterocycles. The van der Waals surface area contributed by atoms with Gasteiger partial charge < -0.3 is 19.2 Å². The van der Waals surface area contributed by atoms with Crippen molar-refractivity contribution in [2.24, 2.45) is 5.16 Å². The van der Waals surface area contributed by atoms with Crippen LogP contribution in [0.3, 0.4) is 0 Å². The third-order valence-corrected chi connectivity index (χ3v) is 6.66. The number of aryl methyl sites for hydroxylation is 1. The highest BCUT2D eigenvalue weighted by atomic mass is 19.4. The van der Waals surface area contributed by atoms with Gasteiger partial charge in [-0.15, -0.1) is 0 Å². The molecule has 38 heavy (non-hydrogen) atoms. The molecule has 5 rings (SSSR count). The van der Waals surface area contributed by atoms with Gasteiger partial charge in [0.05, 0.1) is 12.3 Å². The summed E-state index contributed by atoms with van der Waals surface area (Å²) < 4.78 is 66.0. The first-order valence-corrected chi connectivity index (χ1v) is 11.6. The molecule has 0 aliphatic carbocycles. The Labute approximate surface area is 213 Å². The molecule has 2 aromatic rings. The lowest BCUT2D eigenvalue weighted by atomic mass is 9.86. The molecule has 3 aliphatic rings. The van der Waals surface area contributed by atoms with E-state index in [-0.39, 0.29) is 35.9 Å². The molecule has 13 heteroatoms. The molecule has 0 radical (unpaired) electrons. The van der Waals surface area contributed by atoms with Crippen LogP contribution in [0.4, 0.5) is 17.6 Å². The van der Waals surface area contributed by atoms with E-state index in [9.17, 15) is 31.9 Å². The maximum absolute atomic E-state index is 14.3. The Bertz CT molecular complexity index is 1340. The number of fused-ring (bicyclic) bond motifs is 1. The molecule has 1 unspecified atom stereocenters. The molecule has 9 nitrogen and oxygen atoms in total. The number of rotatable bonds is 5. The van der Waals surface area contributed by atoms with Crippen LogP contribution in [-0.2, 0) is 20.0 Å². The van der Waals surface area contributed by atoms with Gasteiger partial charge in [0.15, 0.2) is 11.5 Å². The number of alkyl halides is 4. The number of imide groups is 1. The third kappa shape index (κ3) is 4.21. The molecule has 0 bridgehead atoms. The first-order chi connectivity index (χ1) is 18.0. The molecule has 3 amide bonds. The van der Waals surface area contributed by atoms with Crippen LogP contribution in [-0.4, -0.2) is 72.5 Å². The number of benzene rings is 2. The minimum Gasteiger partial charge on any atom is -0.454 e. The summed E-state index contributed by atoms with van der Waals surface area (Å²) in [5.41, 5.74) is -2.05. The Morgan fingerprint density at radius 1 is 1.05 bits per heavy atom. The van der Waals surface area contributed by atoms with Crippen molar-refractivity contribution in [3.05, 3.63) is 58.7 Å². The van der Waals surface area contributed by atoms with Crippen molar-refractivity contribution < 1.29 is 46.3 Å². The number of carbonyl (C=O) groups is 3. The molecule has 3 aliphatic heterocycles. The van der Waals surface area contributed by atoms with Crippen molar-refractivity contribution >= 4 is 23.4 Å². The number of amides is 3. The summed E-state index contributed by atoms with van der Waals surface area (Å²) in [5, 5.41) is 3.75. The largest absolute Gasteiger partial charge is 0.454 e. The van der Waals surface area contributed by atoms with Crippen LogP contribution in [0.15, 0.2) is 41.6 Å². The van der Waals surface area contributed by atoms with E-state index in [4.69, 9.17) is 14.3 Å². The summed E-state index contributed by atoms with van der Waals surface area (Å²) in [6.07, 6.45) is -5.44. The van der Waals surface area contributed by atoms with Crippen molar-refractivity contribution in [3.63, 3.8) is 0 Å². The number of piperazine rings is 1. The van der Waals surface area contributed by atoms with Gasteiger partial charge >= 0.3 is 6.18 Å². The summed E-state index contributed by atoms with van der Waals surface area (Å²) in [7, 11) is 0. The fourth-order valence-electron chi connectivity index (χ4n) is 4.63. The van der Waals surface area contributed by atoms with E-state index >= 15 is 0 Å². The van der Waals surface area contributed by atoms with Crippen LogP contribution in [0.1, 0.15) is 33.5 Å². The van der Waals surface area contributed by atoms with Crippen molar-refractivity contribution in [2.75, 3.05) is 33.1 Å². The molecular formula is C25H21F4N3O6. The van der Waals surface area contributed by atoms with E-state index in [0.717, 1.165) is 9.80 Å². The Kier molecular flexibility index (Phi) is 6.24. The fraction of sp³-hybridized carbons (Fsp3) is 0.360. The average molecular weight is 535 g/mol. The summed E-state index contributed by atoms with van der Waals surface area (Å²) >= 11 is 0. The lowest BCUT2D eigenvalue weighted by molar-refractivity contribution is -0.275. The van der Waals surface area contributed by atoms with Crippen LogP contribution in [0.5, 0.6) is 11.5 Å². The van der Waals surface area contributed by atoms with E-state index in [1.54, 1.807) is 6.92 Å². The number of carbonyl (C=O) groups excluding carboxylic acids is 3. The number of hydrogen-bond donors (Lipinski definition) is 0. The maximum atomic E-state index is 14.3. The number of nitrogens with zero attached hydrogens (tertiary/aromatic N) is 3. The number of ether oxygens (including phenoxy) is 2. The highest BCUT2D eigenvalue weighted by molar-refractivity contribution is 6.07. The van der Waals surface area contributed by atoms with Crippen LogP contribution >= 0.6 is 0 Å². The Balaban J connectivity index is 1.37. The minimum atomic E-state index is -4.82. The second-order valence-electron chi connectivity index (χ2n) is 9.02. The zero-order chi connectivity index (χ0) is 27.2. The third-order valence-electron chi connectivity index (χ3n) is 6.66. The van der Waals surface area contributed by atoms with E-state index in [1.165, 1.54) is 36.4 Å². The Hall–Kier alpha value is -4.16. The fourth-order valence-corrected chi connectivity index (χ4v) is 4.63. The maximum Gasteiger partial charge on any atom is 0.435 e. The predicted octanol–water partition coefficient (Wildman–Crippen LogP) is 3.09. The first-order valence-electron chi connectivity index (χ1n) is 11.6. The topological polar surface area (TPSA) is 97.7 Å². The van der Waals surface area contributed by atoms with Crippen LogP contribution < -0.4 is 9.47 Å². The molecule has 2 aromatic carbocycles. The summed E-state index contributed by atoms with van der Waals surface area (Å²) in [4.78, 5) is 44.3. The summed E-state index contributed by atoms with van der Waals surface area (Å²) in [5.74, 6) is -1.49. The zero-order valence-electron chi connectivity index (χ0n) is 20.0. The van der Waals surface area contributed by atoms with Gasteiger partial charge in [-0.05, 0) is 42.3 Å². The van der Waals surface area contributed by atoms with Crippen molar-refractivity contribution in [1.82, 2.24) is 9.80 Å². The lowest BCUT2D eigenvalue weighted by Gasteiger charge is -2.32. The predicted molar refractivity (Wildman–Crippen MR) is 122 cm³/mol. The Morgan fingerprint density at radius 2 is 1.76 bits per heavy atom. The van der Waals surface area contributed by atoms with Crippen LogP contribution in [0.25, 0.3) is 0 Å². The van der Waals surface area contributed by atoms with Gasteiger partial charge in [-0.1, -0.05) is 17.3 Å². The first kappa shape index (κ1) is 25.5. The Morgan fingerprint density at radius 3 is 2.42 bits per heavy atom. The van der Waals surface area contributed by atoms with E-state index < -0.39 is 55.7 Å². The highest BCUT2D eigenvalue weighted by Crippen LogP contribution is 2.50. The molecule has 3 heterocycles. The number of halogens is 4. The second-order valence-corrected chi connectivity index (χ2v) is 9.02. The average Bonchev–Trinajstić information content (AvgIpc) is 3.53. The van der Waals surface area contributed by atoms with Gasteiger partial charge in [0, 0.05) is 17.5 Å². The standard InChI is InChI=1S/C25H21F4N3O6/c1-14-8-15(2-4-17(14)23(35)31-11-21(33)32(7-6-26)22(34)12-31)18-10-24(38-30-18,25(27,28)29)16-3-5-19-20(9-16)37-13-36-19/h2-5,8-9H,6-7,10-13H2,1H3. The molecule has 0 spiro atoms. The highest BCUT2D eigenvalue weighted by Gasteiger charge is 2.62. The van der Waals surface area contributed by atoms with E-state index in [2.05, 4.69) is 5.16 Å². The summed E-state index contributed by atoms with van der Waals surface area (Å²) in [6.45, 7) is -0.565. The molecule has 1 saturated heterocycles. The summed E-state index contributed by atoms with van der Waals surface area (Å²) in [6, 6.07) is 8.16. The van der Waals surface area contributed by atoms with Gasteiger partial charge in [-0.2, -0.15) is 13.2 Å². The second kappa shape index (κ2) is 9.30. The van der Waals surface area contributed by atoms with Crippen molar-refractivity contribution in [2.45, 2.75) is 25.1 Å². The molecule has 1 atom stereocenters. The lowest BCUT2D eigenvalue weighted by Crippen LogP contribution is -2.56. The molecule has 0 N–H and O–H groups in total. The van der Waals surface area contributed by atoms with Crippen molar-refractivity contribution in [1.29, 1.82) is 0 Å². The van der Waals surface area contributed by atoms with Gasteiger partial charge in [-0.3, -0.25) is 19.3 Å². The van der Waals surface area contributed by atoms with E-state index in [1.807, 2.05) is 0 Å². The minimum absolute atomic E-state index is 0.0206. The quantitative estimate of drug-likeness (QED) is 0.431. The van der Waals surface area contributed by atoms with Crippen LogP contribution in [0, 0.1) is 6.92 Å².